The highest BCUT2D eigenvalue weighted by Gasteiger charge is 2.19. The number of nitrogens with one attached hydrogen (secondary N) is 2. The molecular weight excluding hydrogens is 348 g/mol. The molecule has 0 saturated carbocycles. The monoisotopic (exact) mass is 372 g/mol. The summed E-state index contributed by atoms with van der Waals surface area (Å²) in [6, 6.07) is 26.0. The Kier molecular flexibility index (Phi) is 6.58. The van der Waals surface area contributed by atoms with Crippen LogP contribution >= 0.6 is 0 Å². The molecule has 0 aliphatic carbocycles. The zero-order chi connectivity index (χ0) is 19.8. The van der Waals surface area contributed by atoms with E-state index < -0.39 is 6.04 Å². The predicted molar refractivity (Wildman–Crippen MR) is 112 cm³/mol. The molecule has 2 amide bonds. The lowest BCUT2D eigenvalue weighted by Crippen LogP contribution is -2.31. The predicted octanol–water partition coefficient (Wildman–Crippen LogP) is 4.75. The van der Waals surface area contributed by atoms with Gasteiger partial charge in [0, 0.05) is 11.3 Å². The number of carbonyl (C=O) groups is 2. The number of anilines is 1. The summed E-state index contributed by atoms with van der Waals surface area (Å²) in [5.41, 5.74) is 3.39. The van der Waals surface area contributed by atoms with E-state index in [-0.39, 0.29) is 18.2 Å². The van der Waals surface area contributed by atoms with E-state index in [1.54, 1.807) is 12.1 Å². The number of amides is 2. The number of carbonyl (C=O) groups excluding carboxylic acids is 2. The molecule has 0 aromatic heterocycles. The quantitative estimate of drug-likeness (QED) is 0.629. The van der Waals surface area contributed by atoms with Gasteiger partial charge in [-0.1, -0.05) is 67.6 Å². The molecule has 0 saturated heterocycles. The Morgan fingerprint density at radius 1 is 0.857 bits per heavy atom. The minimum absolute atomic E-state index is 0.143. The van der Waals surface area contributed by atoms with E-state index in [0.717, 1.165) is 23.2 Å². The van der Waals surface area contributed by atoms with E-state index in [4.69, 9.17) is 0 Å². The van der Waals surface area contributed by atoms with E-state index >= 15 is 0 Å². The van der Waals surface area contributed by atoms with Crippen LogP contribution in [0.15, 0.2) is 84.9 Å². The van der Waals surface area contributed by atoms with Crippen molar-refractivity contribution in [3.63, 3.8) is 0 Å². The molecule has 1 unspecified atom stereocenters. The van der Waals surface area contributed by atoms with Gasteiger partial charge in [-0.25, -0.2) is 0 Å². The maximum atomic E-state index is 12.7. The van der Waals surface area contributed by atoms with Gasteiger partial charge in [-0.3, -0.25) is 9.59 Å². The molecule has 0 fully saturated rings. The van der Waals surface area contributed by atoms with E-state index in [0.29, 0.717) is 5.56 Å². The number of hydrogen-bond acceptors (Lipinski definition) is 2. The molecule has 28 heavy (non-hydrogen) atoms. The Bertz CT molecular complexity index is 924. The van der Waals surface area contributed by atoms with Gasteiger partial charge >= 0.3 is 0 Å². The summed E-state index contributed by atoms with van der Waals surface area (Å²) in [7, 11) is 0. The molecule has 4 heteroatoms. The lowest BCUT2D eigenvalue weighted by molar-refractivity contribution is -0.116. The summed E-state index contributed by atoms with van der Waals surface area (Å²) in [4.78, 5) is 25.3. The van der Waals surface area contributed by atoms with Crippen LogP contribution in [-0.2, 0) is 11.2 Å². The normalized spacial score (nSPS) is 11.5. The standard InChI is InChI=1S/C24H24N2O2/c1-2-18-10-9-15-21(16-18)25-23(27)17-22(19-11-5-3-6-12-19)26-24(28)20-13-7-4-8-14-20/h3-16,22H,2,17H2,1H3,(H,25,27)(H,26,28). The van der Waals surface area contributed by atoms with Gasteiger partial charge in [-0.05, 0) is 41.8 Å². The topological polar surface area (TPSA) is 58.2 Å². The average Bonchev–Trinajstić information content (AvgIpc) is 2.74. The zero-order valence-corrected chi connectivity index (χ0v) is 15.9. The van der Waals surface area contributed by atoms with Crippen LogP contribution in [0.1, 0.15) is 40.9 Å². The second-order valence-corrected chi connectivity index (χ2v) is 6.61. The zero-order valence-electron chi connectivity index (χ0n) is 15.9. The fourth-order valence-electron chi connectivity index (χ4n) is 3.04. The third-order valence-corrected chi connectivity index (χ3v) is 4.55. The lowest BCUT2D eigenvalue weighted by Gasteiger charge is -2.19. The van der Waals surface area contributed by atoms with Crippen LogP contribution in [0.2, 0.25) is 0 Å². The van der Waals surface area contributed by atoms with Crippen molar-refractivity contribution in [3.8, 4) is 0 Å². The summed E-state index contributed by atoms with van der Waals surface area (Å²) in [5.74, 6) is -0.342. The van der Waals surface area contributed by atoms with Gasteiger partial charge < -0.3 is 10.6 Å². The summed E-state index contributed by atoms with van der Waals surface area (Å²) in [6.07, 6.45) is 1.06. The number of aryl methyl sites for hydroxylation is 1. The molecule has 0 spiro atoms. The highest BCUT2D eigenvalue weighted by atomic mass is 16.2. The van der Waals surface area contributed by atoms with Gasteiger partial charge in [0.05, 0.1) is 12.5 Å². The Morgan fingerprint density at radius 2 is 1.54 bits per heavy atom. The Morgan fingerprint density at radius 3 is 2.21 bits per heavy atom. The maximum absolute atomic E-state index is 12.7. The summed E-state index contributed by atoms with van der Waals surface area (Å²) < 4.78 is 0. The molecule has 3 aromatic carbocycles. The first-order valence-electron chi connectivity index (χ1n) is 9.45. The van der Waals surface area contributed by atoms with E-state index in [1.807, 2.05) is 72.8 Å². The first-order valence-corrected chi connectivity index (χ1v) is 9.45. The first-order chi connectivity index (χ1) is 13.7. The van der Waals surface area contributed by atoms with Gasteiger partial charge in [-0.2, -0.15) is 0 Å². The second kappa shape index (κ2) is 9.51. The van der Waals surface area contributed by atoms with Gasteiger partial charge in [0.25, 0.3) is 5.91 Å². The maximum Gasteiger partial charge on any atom is 0.251 e. The first kappa shape index (κ1) is 19.4. The SMILES string of the molecule is CCc1cccc(NC(=O)CC(NC(=O)c2ccccc2)c2ccccc2)c1. The van der Waals surface area contributed by atoms with Crippen LogP contribution in [0.4, 0.5) is 5.69 Å². The van der Waals surface area contributed by atoms with Gasteiger partial charge in [0.2, 0.25) is 5.91 Å². The van der Waals surface area contributed by atoms with Crippen molar-refractivity contribution in [2.24, 2.45) is 0 Å². The van der Waals surface area contributed by atoms with Gasteiger partial charge in [0.15, 0.2) is 0 Å². The fraction of sp³-hybridized carbons (Fsp3) is 0.167. The molecule has 0 aliphatic heterocycles. The summed E-state index contributed by atoms with van der Waals surface area (Å²) in [6.45, 7) is 2.07. The average molecular weight is 372 g/mol. The van der Waals surface area contributed by atoms with Gasteiger partial charge in [0.1, 0.15) is 0 Å². The molecule has 0 radical (unpaired) electrons. The van der Waals surface area contributed by atoms with E-state index in [1.165, 1.54) is 0 Å². The van der Waals surface area contributed by atoms with Crippen molar-refractivity contribution >= 4 is 17.5 Å². The molecule has 0 heterocycles. The largest absolute Gasteiger partial charge is 0.345 e. The second-order valence-electron chi connectivity index (χ2n) is 6.61. The van der Waals surface area contributed by atoms with Gasteiger partial charge in [-0.15, -0.1) is 0 Å². The van der Waals surface area contributed by atoms with Crippen molar-refractivity contribution in [2.75, 3.05) is 5.32 Å². The Hall–Kier alpha value is -3.40. The van der Waals surface area contributed by atoms with Crippen molar-refractivity contribution < 1.29 is 9.59 Å². The molecule has 3 rings (SSSR count). The van der Waals surface area contributed by atoms with Crippen molar-refractivity contribution in [1.29, 1.82) is 0 Å². The molecule has 1 atom stereocenters. The molecule has 3 aromatic rings. The molecule has 0 aliphatic rings. The number of hydrogen-bond donors (Lipinski definition) is 2. The van der Waals surface area contributed by atoms with E-state index in [2.05, 4.69) is 17.6 Å². The molecule has 4 nitrogen and oxygen atoms in total. The molecule has 142 valence electrons. The molecular formula is C24H24N2O2. The summed E-state index contributed by atoms with van der Waals surface area (Å²) in [5, 5.41) is 5.93. The van der Waals surface area contributed by atoms with Crippen molar-refractivity contribution in [1.82, 2.24) is 5.32 Å². The Labute approximate surface area is 165 Å². The van der Waals surface area contributed by atoms with Crippen LogP contribution in [0.5, 0.6) is 0 Å². The van der Waals surface area contributed by atoms with Crippen LogP contribution in [0.25, 0.3) is 0 Å². The minimum atomic E-state index is -0.414. The van der Waals surface area contributed by atoms with E-state index in [9.17, 15) is 9.59 Å². The highest BCUT2D eigenvalue weighted by Crippen LogP contribution is 2.19. The Balaban J connectivity index is 1.73. The molecule has 2 N–H and O–H groups in total. The fourth-order valence-corrected chi connectivity index (χ4v) is 3.04. The smallest absolute Gasteiger partial charge is 0.251 e. The highest BCUT2D eigenvalue weighted by molar-refractivity contribution is 5.95. The number of rotatable bonds is 7. The van der Waals surface area contributed by atoms with Crippen LogP contribution in [0.3, 0.4) is 0 Å². The van der Waals surface area contributed by atoms with Crippen LogP contribution in [0, 0.1) is 0 Å². The lowest BCUT2D eigenvalue weighted by atomic mass is 10.0. The number of benzene rings is 3. The summed E-state index contributed by atoms with van der Waals surface area (Å²) >= 11 is 0. The van der Waals surface area contributed by atoms with Crippen LogP contribution < -0.4 is 10.6 Å². The van der Waals surface area contributed by atoms with Crippen LogP contribution in [-0.4, -0.2) is 11.8 Å². The third kappa shape index (κ3) is 5.30. The third-order valence-electron chi connectivity index (χ3n) is 4.55. The van der Waals surface area contributed by atoms with Crippen molar-refractivity contribution in [3.05, 3.63) is 102 Å². The minimum Gasteiger partial charge on any atom is -0.345 e. The molecule has 0 bridgehead atoms. The van der Waals surface area contributed by atoms with Crippen molar-refractivity contribution in [2.45, 2.75) is 25.8 Å².